The van der Waals surface area contributed by atoms with Crippen molar-refractivity contribution in [2.24, 2.45) is 5.16 Å². The van der Waals surface area contributed by atoms with Crippen molar-refractivity contribution in [3.05, 3.63) is 84.3 Å². The van der Waals surface area contributed by atoms with Crippen LogP contribution in [0.25, 0.3) is 0 Å². The molecule has 1 aromatic heterocycles. The smallest absolute Gasteiger partial charge is 0.289 e. The van der Waals surface area contributed by atoms with E-state index in [4.69, 9.17) is 14.0 Å². The van der Waals surface area contributed by atoms with Crippen molar-refractivity contribution >= 4 is 18.0 Å². The van der Waals surface area contributed by atoms with E-state index in [-0.39, 0.29) is 18.4 Å². The molecule has 8 nitrogen and oxygen atoms in total. The van der Waals surface area contributed by atoms with E-state index in [1.807, 2.05) is 54.6 Å². The standard InChI is InChI=1S/C24H23N3O5/c28-23(26-11-13-27(14-12-26)24(29)22-10-5-15-30-22)18-31-25-17-19-6-4-9-21(16-19)32-20-7-2-1-3-8-20/h1-10,15-17H,11-14,18H2. The highest BCUT2D eigenvalue weighted by Gasteiger charge is 2.26. The maximum Gasteiger partial charge on any atom is 0.289 e. The number of amides is 2. The minimum absolute atomic E-state index is 0.164. The molecular weight excluding hydrogens is 410 g/mol. The third kappa shape index (κ3) is 5.54. The van der Waals surface area contributed by atoms with Crippen molar-refractivity contribution in [2.45, 2.75) is 0 Å². The quantitative estimate of drug-likeness (QED) is 0.421. The van der Waals surface area contributed by atoms with Crippen LogP contribution in [0.4, 0.5) is 0 Å². The number of rotatable bonds is 7. The van der Waals surface area contributed by atoms with Crippen molar-refractivity contribution in [1.29, 1.82) is 0 Å². The number of benzene rings is 2. The van der Waals surface area contributed by atoms with Crippen LogP contribution < -0.4 is 4.74 Å². The van der Waals surface area contributed by atoms with Gasteiger partial charge in [-0.1, -0.05) is 35.5 Å². The first-order valence-electron chi connectivity index (χ1n) is 10.3. The van der Waals surface area contributed by atoms with Crippen molar-refractivity contribution < 1.29 is 23.6 Å². The van der Waals surface area contributed by atoms with E-state index in [2.05, 4.69) is 5.16 Å². The van der Waals surface area contributed by atoms with Gasteiger partial charge >= 0.3 is 0 Å². The molecule has 0 unspecified atom stereocenters. The van der Waals surface area contributed by atoms with Gasteiger partial charge in [0.15, 0.2) is 12.4 Å². The fraction of sp³-hybridized carbons (Fsp3) is 0.208. The second-order valence-corrected chi connectivity index (χ2v) is 7.15. The number of hydrogen-bond donors (Lipinski definition) is 0. The van der Waals surface area contributed by atoms with Crippen molar-refractivity contribution in [2.75, 3.05) is 32.8 Å². The average molecular weight is 433 g/mol. The molecule has 164 valence electrons. The lowest BCUT2D eigenvalue weighted by molar-refractivity contribution is -0.137. The van der Waals surface area contributed by atoms with Crippen LogP contribution in [0.5, 0.6) is 11.5 Å². The molecule has 1 aliphatic heterocycles. The molecule has 0 atom stereocenters. The van der Waals surface area contributed by atoms with Gasteiger partial charge in [0.1, 0.15) is 11.5 Å². The second-order valence-electron chi connectivity index (χ2n) is 7.15. The Labute approximate surface area is 185 Å². The first kappa shape index (κ1) is 21.2. The number of oxime groups is 1. The zero-order valence-electron chi connectivity index (χ0n) is 17.4. The van der Waals surface area contributed by atoms with E-state index >= 15 is 0 Å². The fourth-order valence-electron chi connectivity index (χ4n) is 3.28. The maximum absolute atomic E-state index is 12.4. The number of para-hydroxylation sites is 1. The number of furan rings is 1. The van der Waals surface area contributed by atoms with Gasteiger partial charge < -0.3 is 23.8 Å². The molecule has 8 heteroatoms. The molecule has 4 rings (SSSR count). The molecule has 32 heavy (non-hydrogen) atoms. The molecule has 2 amide bonds. The maximum atomic E-state index is 12.4. The van der Waals surface area contributed by atoms with Gasteiger partial charge in [-0.25, -0.2) is 0 Å². The Bertz CT molecular complexity index is 1060. The van der Waals surface area contributed by atoms with E-state index in [1.54, 1.807) is 21.9 Å². The summed E-state index contributed by atoms with van der Waals surface area (Å²) in [6, 6.07) is 20.2. The summed E-state index contributed by atoms with van der Waals surface area (Å²) in [5.74, 6) is 1.39. The Morgan fingerprint density at radius 2 is 1.66 bits per heavy atom. The number of hydrogen-bond acceptors (Lipinski definition) is 6. The number of nitrogens with zero attached hydrogens (tertiary/aromatic N) is 3. The Morgan fingerprint density at radius 3 is 2.41 bits per heavy atom. The Balaban J connectivity index is 1.21. The lowest BCUT2D eigenvalue weighted by Gasteiger charge is -2.34. The number of ether oxygens (including phenoxy) is 1. The first-order chi connectivity index (χ1) is 15.7. The van der Waals surface area contributed by atoms with Crippen molar-refractivity contribution in [3.8, 4) is 11.5 Å². The monoisotopic (exact) mass is 433 g/mol. The molecule has 2 aromatic carbocycles. The molecule has 1 saturated heterocycles. The largest absolute Gasteiger partial charge is 0.459 e. The lowest BCUT2D eigenvalue weighted by atomic mass is 10.2. The predicted octanol–water partition coefficient (Wildman–Crippen LogP) is 3.41. The highest BCUT2D eigenvalue weighted by atomic mass is 16.6. The second kappa shape index (κ2) is 10.3. The summed E-state index contributed by atoms with van der Waals surface area (Å²) < 4.78 is 10.9. The summed E-state index contributed by atoms with van der Waals surface area (Å²) in [4.78, 5) is 33.2. The molecule has 1 fully saturated rings. The third-order valence-electron chi connectivity index (χ3n) is 4.95. The first-order valence-corrected chi connectivity index (χ1v) is 10.3. The molecule has 2 heterocycles. The molecule has 0 N–H and O–H groups in total. The van der Waals surface area contributed by atoms with Gasteiger partial charge in [0.05, 0.1) is 12.5 Å². The average Bonchev–Trinajstić information content (AvgIpc) is 3.37. The van der Waals surface area contributed by atoms with Crippen LogP contribution in [0.1, 0.15) is 16.1 Å². The van der Waals surface area contributed by atoms with Gasteiger partial charge in [0.2, 0.25) is 0 Å². The molecule has 0 saturated carbocycles. The highest BCUT2D eigenvalue weighted by Crippen LogP contribution is 2.21. The summed E-state index contributed by atoms with van der Waals surface area (Å²) >= 11 is 0. The summed E-state index contributed by atoms with van der Waals surface area (Å²) in [5.41, 5.74) is 0.788. The van der Waals surface area contributed by atoms with E-state index in [0.717, 1.165) is 11.3 Å². The van der Waals surface area contributed by atoms with E-state index < -0.39 is 0 Å². The number of carbonyl (C=O) groups is 2. The predicted molar refractivity (Wildman–Crippen MR) is 118 cm³/mol. The normalized spacial score (nSPS) is 13.9. The van der Waals surface area contributed by atoms with Crippen molar-refractivity contribution in [1.82, 2.24) is 9.80 Å². The zero-order valence-corrected chi connectivity index (χ0v) is 17.4. The summed E-state index contributed by atoms with van der Waals surface area (Å²) in [6.07, 6.45) is 3.00. The van der Waals surface area contributed by atoms with E-state index in [1.165, 1.54) is 12.5 Å². The van der Waals surface area contributed by atoms with Crippen LogP contribution in [0.2, 0.25) is 0 Å². The van der Waals surface area contributed by atoms with Gasteiger partial charge in [-0.2, -0.15) is 0 Å². The van der Waals surface area contributed by atoms with Crippen LogP contribution in [0.3, 0.4) is 0 Å². The summed E-state index contributed by atoms with van der Waals surface area (Å²) in [5, 5.41) is 3.90. The lowest BCUT2D eigenvalue weighted by Crippen LogP contribution is -2.51. The Hall–Kier alpha value is -4.07. The zero-order chi connectivity index (χ0) is 22.2. The minimum atomic E-state index is -0.173. The molecule has 0 radical (unpaired) electrons. The number of carbonyl (C=O) groups excluding carboxylic acids is 2. The van der Waals surface area contributed by atoms with Gasteiger partial charge in [0, 0.05) is 26.2 Å². The minimum Gasteiger partial charge on any atom is -0.459 e. The van der Waals surface area contributed by atoms with Crippen LogP contribution in [-0.4, -0.2) is 60.6 Å². The third-order valence-corrected chi connectivity index (χ3v) is 4.95. The van der Waals surface area contributed by atoms with Crippen LogP contribution in [0, 0.1) is 0 Å². The summed E-state index contributed by atoms with van der Waals surface area (Å²) in [7, 11) is 0. The SMILES string of the molecule is O=C(CON=Cc1cccc(Oc2ccccc2)c1)N1CCN(C(=O)c2ccco2)CC1. The van der Waals surface area contributed by atoms with Gasteiger partial charge in [-0.05, 0) is 42.0 Å². The molecule has 0 aliphatic carbocycles. The van der Waals surface area contributed by atoms with Crippen molar-refractivity contribution in [3.63, 3.8) is 0 Å². The molecule has 1 aliphatic rings. The van der Waals surface area contributed by atoms with Gasteiger partial charge in [-0.15, -0.1) is 0 Å². The molecular formula is C24H23N3O5. The van der Waals surface area contributed by atoms with Crippen LogP contribution >= 0.6 is 0 Å². The van der Waals surface area contributed by atoms with Crippen LogP contribution in [-0.2, 0) is 9.63 Å². The van der Waals surface area contributed by atoms with Gasteiger partial charge in [0.25, 0.3) is 11.8 Å². The fourth-order valence-corrected chi connectivity index (χ4v) is 3.28. The topological polar surface area (TPSA) is 84.6 Å². The Kier molecular flexibility index (Phi) is 6.81. The summed E-state index contributed by atoms with van der Waals surface area (Å²) in [6.45, 7) is 1.61. The number of piperazine rings is 1. The highest BCUT2D eigenvalue weighted by molar-refractivity contribution is 5.91. The van der Waals surface area contributed by atoms with Gasteiger partial charge in [-0.3, -0.25) is 9.59 Å². The van der Waals surface area contributed by atoms with E-state index in [0.29, 0.717) is 37.7 Å². The van der Waals surface area contributed by atoms with Crippen LogP contribution in [0.15, 0.2) is 82.6 Å². The molecule has 3 aromatic rings. The van der Waals surface area contributed by atoms with E-state index in [9.17, 15) is 9.59 Å². The Morgan fingerprint density at radius 1 is 0.906 bits per heavy atom. The molecule has 0 bridgehead atoms. The molecule has 0 spiro atoms.